The van der Waals surface area contributed by atoms with Crippen LogP contribution >= 0.6 is 0 Å². The van der Waals surface area contributed by atoms with E-state index in [1.165, 1.54) is 13.8 Å². The molecule has 0 aromatic carbocycles. The molecule has 5 nitrogen and oxygen atoms in total. The van der Waals surface area contributed by atoms with Gasteiger partial charge in [0.05, 0.1) is 6.10 Å². The summed E-state index contributed by atoms with van der Waals surface area (Å²) in [6.45, 7) is 4.12. The summed E-state index contributed by atoms with van der Waals surface area (Å²) in [5.74, 6) is -1.40. The highest BCUT2D eigenvalue weighted by atomic mass is 16.5. The molecule has 16 heavy (non-hydrogen) atoms. The van der Waals surface area contributed by atoms with Gasteiger partial charge >= 0.3 is 5.97 Å². The van der Waals surface area contributed by atoms with Crippen molar-refractivity contribution >= 4 is 11.9 Å². The molecule has 90 valence electrons. The van der Waals surface area contributed by atoms with Crippen LogP contribution in [0.5, 0.6) is 0 Å². The monoisotopic (exact) mass is 227 g/mol. The van der Waals surface area contributed by atoms with Crippen LogP contribution in [0.2, 0.25) is 0 Å². The third-order valence-electron chi connectivity index (χ3n) is 2.74. The predicted octanol–water partition coefficient (Wildman–Crippen LogP) is 0.703. The third-order valence-corrected chi connectivity index (χ3v) is 2.74. The van der Waals surface area contributed by atoms with Gasteiger partial charge in [0.1, 0.15) is 0 Å². The molecule has 1 rings (SSSR count). The number of rotatable bonds is 4. The molecule has 1 aliphatic heterocycles. The summed E-state index contributed by atoms with van der Waals surface area (Å²) in [6, 6.07) is 0. The minimum absolute atomic E-state index is 0.0712. The maximum Gasteiger partial charge on any atom is 0.331 e. The highest BCUT2D eigenvalue weighted by Gasteiger charge is 2.18. The van der Waals surface area contributed by atoms with E-state index in [0.717, 1.165) is 19.4 Å². The van der Waals surface area contributed by atoms with Gasteiger partial charge in [-0.2, -0.15) is 0 Å². The highest BCUT2D eigenvalue weighted by Crippen LogP contribution is 2.11. The first-order valence-corrected chi connectivity index (χ1v) is 5.33. The number of aliphatic carboxylic acids is 1. The highest BCUT2D eigenvalue weighted by molar-refractivity contribution is 6.01. The van der Waals surface area contributed by atoms with E-state index in [4.69, 9.17) is 9.84 Å². The second-order valence-corrected chi connectivity index (χ2v) is 3.90. The van der Waals surface area contributed by atoms with Crippen LogP contribution in [0.1, 0.15) is 26.7 Å². The fraction of sp³-hybridized carbons (Fsp3) is 0.636. The van der Waals surface area contributed by atoms with E-state index >= 15 is 0 Å². The van der Waals surface area contributed by atoms with E-state index in [9.17, 15) is 9.59 Å². The second-order valence-electron chi connectivity index (χ2n) is 3.90. The number of ether oxygens (including phenoxy) is 1. The first kappa shape index (κ1) is 12.7. The van der Waals surface area contributed by atoms with Crippen LogP contribution in [0, 0.1) is 0 Å². The molecule has 1 amide bonds. The van der Waals surface area contributed by atoms with Gasteiger partial charge in [-0.3, -0.25) is 4.79 Å². The molecular formula is C11H17NO4. The van der Waals surface area contributed by atoms with E-state index in [0.29, 0.717) is 6.54 Å². The van der Waals surface area contributed by atoms with E-state index in [1.54, 1.807) is 0 Å². The molecule has 0 aromatic heterocycles. The van der Waals surface area contributed by atoms with Gasteiger partial charge in [-0.1, -0.05) is 0 Å². The number of hydrogen-bond acceptors (Lipinski definition) is 3. The Morgan fingerprint density at radius 1 is 1.38 bits per heavy atom. The molecule has 1 saturated heterocycles. The molecule has 0 aromatic rings. The van der Waals surface area contributed by atoms with Crippen molar-refractivity contribution < 1.29 is 19.4 Å². The lowest BCUT2D eigenvalue weighted by molar-refractivity contribution is -0.133. The number of amides is 1. The Bertz CT molecular complexity index is 316. The number of nitrogens with one attached hydrogen (secondary N) is 1. The molecule has 0 spiro atoms. The number of carboxylic acid groups (broad SMARTS) is 1. The van der Waals surface area contributed by atoms with Crippen molar-refractivity contribution in [1.29, 1.82) is 0 Å². The lowest BCUT2D eigenvalue weighted by Crippen LogP contribution is -2.32. The summed E-state index contributed by atoms with van der Waals surface area (Å²) in [7, 11) is 0. The first-order chi connectivity index (χ1) is 7.52. The average Bonchev–Trinajstić information content (AvgIpc) is 2.76. The largest absolute Gasteiger partial charge is 0.478 e. The summed E-state index contributed by atoms with van der Waals surface area (Å²) in [5, 5.41) is 11.4. The van der Waals surface area contributed by atoms with Crippen molar-refractivity contribution in [3.8, 4) is 0 Å². The van der Waals surface area contributed by atoms with Gasteiger partial charge in [-0.05, 0) is 26.7 Å². The quantitative estimate of drug-likeness (QED) is 0.693. The van der Waals surface area contributed by atoms with Crippen LogP contribution in [0.4, 0.5) is 0 Å². The van der Waals surface area contributed by atoms with Gasteiger partial charge in [0.2, 0.25) is 5.91 Å². The average molecular weight is 227 g/mol. The smallest absolute Gasteiger partial charge is 0.331 e. The lowest BCUT2D eigenvalue weighted by atomic mass is 10.1. The van der Waals surface area contributed by atoms with Crippen LogP contribution in [0.25, 0.3) is 0 Å². The molecule has 2 N–H and O–H groups in total. The molecule has 5 heteroatoms. The molecule has 1 atom stereocenters. The van der Waals surface area contributed by atoms with E-state index < -0.39 is 5.97 Å². The Balaban J connectivity index is 2.45. The zero-order chi connectivity index (χ0) is 12.1. The minimum Gasteiger partial charge on any atom is -0.478 e. The summed E-state index contributed by atoms with van der Waals surface area (Å²) >= 11 is 0. The van der Waals surface area contributed by atoms with Crippen molar-refractivity contribution in [2.45, 2.75) is 32.8 Å². The van der Waals surface area contributed by atoms with Gasteiger partial charge in [-0.15, -0.1) is 0 Å². The summed E-state index contributed by atoms with van der Waals surface area (Å²) < 4.78 is 5.34. The van der Waals surface area contributed by atoms with E-state index in [1.807, 2.05) is 0 Å². The Morgan fingerprint density at radius 2 is 2.06 bits per heavy atom. The fourth-order valence-electron chi connectivity index (χ4n) is 1.48. The molecule has 1 fully saturated rings. The van der Waals surface area contributed by atoms with Crippen molar-refractivity contribution in [3.63, 3.8) is 0 Å². The van der Waals surface area contributed by atoms with Gasteiger partial charge < -0.3 is 15.2 Å². The number of carbonyl (C=O) groups excluding carboxylic acids is 1. The second kappa shape index (κ2) is 5.65. The van der Waals surface area contributed by atoms with Gasteiger partial charge in [0.15, 0.2) is 0 Å². The molecule has 0 aliphatic carbocycles. The summed E-state index contributed by atoms with van der Waals surface area (Å²) in [4.78, 5) is 22.2. The Hall–Kier alpha value is -1.36. The maximum atomic E-state index is 11.6. The number of hydrogen-bond donors (Lipinski definition) is 2. The number of carbonyl (C=O) groups is 2. The molecule has 1 aliphatic rings. The zero-order valence-corrected chi connectivity index (χ0v) is 9.58. The fourth-order valence-corrected chi connectivity index (χ4v) is 1.48. The molecule has 1 unspecified atom stereocenters. The van der Waals surface area contributed by atoms with Crippen LogP contribution in [-0.4, -0.2) is 36.2 Å². The predicted molar refractivity (Wildman–Crippen MR) is 58.0 cm³/mol. The zero-order valence-electron chi connectivity index (χ0n) is 9.58. The van der Waals surface area contributed by atoms with Gasteiger partial charge in [-0.25, -0.2) is 4.79 Å². The summed E-state index contributed by atoms with van der Waals surface area (Å²) in [5.41, 5.74) is 0.315. The molecule has 0 radical (unpaired) electrons. The molecule has 0 bridgehead atoms. The van der Waals surface area contributed by atoms with E-state index in [-0.39, 0.29) is 23.2 Å². The van der Waals surface area contributed by atoms with Gasteiger partial charge in [0, 0.05) is 24.3 Å². The van der Waals surface area contributed by atoms with Crippen LogP contribution < -0.4 is 5.32 Å². The van der Waals surface area contributed by atoms with Crippen molar-refractivity contribution in [3.05, 3.63) is 11.1 Å². The van der Waals surface area contributed by atoms with Crippen molar-refractivity contribution in [2.24, 2.45) is 0 Å². The van der Waals surface area contributed by atoms with Crippen LogP contribution in [-0.2, 0) is 14.3 Å². The Morgan fingerprint density at radius 3 is 2.56 bits per heavy atom. The van der Waals surface area contributed by atoms with Gasteiger partial charge in [0.25, 0.3) is 0 Å². The molecule has 0 saturated carbocycles. The van der Waals surface area contributed by atoms with Crippen molar-refractivity contribution in [1.82, 2.24) is 5.32 Å². The van der Waals surface area contributed by atoms with E-state index in [2.05, 4.69) is 5.32 Å². The maximum absolute atomic E-state index is 11.6. The van der Waals surface area contributed by atoms with Crippen molar-refractivity contribution in [2.75, 3.05) is 13.2 Å². The molecule has 1 heterocycles. The Kier molecular flexibility index (Phi) is 4.49. The lowest BCUT2D eigenvalue weighted by Gasteiger charge is -2.11. The Labute approximate surface area is 94.5 Å². The standard InChI is InChI=1S/C11H17NO4/c1-7(8(2)11(14)15)10(13)12-6-9-4-3-5-16-9/h9H,3-6H2,1-2H3,(H,12,13)(H,14,15). The minimum atomic E-state index is -1.07. The topological polar surface area (TPSA) is 75.6 Å². The van der Waals surface area contributed by atoms with Crippen LogP contribution in [0.15, 0.2) is 11.1 Å². The van der Waals surface area contributed by atoms with Crippen LogP contribution in [0.3, 0.4) is 0 Å². The summed E-state index contributed by atoms with van der Waals surface area (Å²) in [6.07, 6.45) is 2.03. The molecular weight excluding hydrogens is 210 g/mol. The normalized spacial score (nSPS) is 21.5. The third kappa shape index (κ3) is 3.34. The first-order valence-electron chi connectivity index (χ1n) is 5.33. The SMILES string of the molecule is CC(C(=O)O)=C(C)C(=O)NCC1CCCO1. The number of carboxylic acids is 1.